The predicted octanol–water partition coefficient (Wildman–Crippen LogP) is 2.16. The Labute approximate surface area is 110 Å². The van der Waals surface area contributed by atoms with Crippen molar-refractivity contribution < 1.29 is 4.79 Å². The van der Waals surface area contributed by atoms with Crippen molar-refractivity contribution in [1.29, 1.82) is 0 Å². The average molecular weight is 297 g/mol. The van der Waals surface area contributed by atoms with E-state index >= 15 is 0 Å². The Morgan fingerprint density at radius 3 is 3.06 bits per heavy atom. The third-order valence-corrected chi connectivity index (χ3v) is 3.50. The number of nitrogens with one attached hydrogen (secondary N) is 1. The summed E-state index contributed by atoms with van der Waals surface area (Å²) in [5, 5.41) is 3.22. The van der Waals surface area contributed by atoms with E-state index in [1.807, 2.05) is 24.0 Å². The summed E-state index contributed by atoms with van der Waals surface area (Å²) in [6, 6.07) is 8.14. The predicted molar refractivity (Wildman–Crippen MR) is 71.6 cm³/mol. The molecule has 1 saturated heterocycles. The zero-order valence-electron chi connectivity index (χ0n) is 9.95. The van der Waals surface area contributed by atoms with Crippen LogP contribution in [0.3, 0.4) is 0 Å². The Morgan fingerprint density at radius 1 is 1.53 bits per heavy atom. The zero-order chi connectivity index (χ0) is 12.3. The molecule has 1 unspecified atom stereocenters. The van der Waals surface area contributed by atoms with E-state index in [0.29, 0.717) is 6.54 Å². The molecular formula is C13H17BrN2O. The average Bonchev–Trinajstić information content (AvgIpc) is 2.62. The van der Waals surface area contributed by atoms with Gasteiger partial charge < -0.3 is 10.2 Å². The van der Waals surface area contributed by atoms with Crippen LogP contribution in [-0.4, -0.2) is 29.9 Å². The van der Waals surface area contributed by atoms with Gasteiger partial charge in [-0.3, -0.25) is 4.79 Å². The number of carbonyl (C=O) groups excluding carboxylic acids is 1. The molecule has 1 N–H and O–H groups in total. The SMILES string of the molecule is CCNC1CCN(Cc2cccc(Br)c2)C1=O. The molecule has 1 aliphatic heterocycles. The number of hydrogen-bond donors (Lipinski definition) is 1. The maximum Gasteiger partial charge on any atom is 0.240 e. The molecule has 0 spiro atoms. The van der Waals surface area contributed by atoms with Gasteiger partial charge >= 0.3 is 0 Å². The van der Waals surface area contributed by atoms with Crippen molar-refractivity contribution in [1.82, 2.24) is 10.2 Å². The van der Waals surface area contributed by atoms with Crippen LogP contribution < -0.4 is 5.32 Å². The first kappa shape index (κ1) is 12.6. The highest BCUT2D eigenvalue weighted by atomic mass is 79.9. The van der Waals surface area contributed by atoms with Crippen LogP contribution in [0.15, 0.2) is 28.7 Å². The van der Waals surface area contributed by atoms with Crippen LogP contribution in [0.2, 0.25) is 0 Å². The third-order valence-electron chi connectivity index (χ3n) is 3.01. The smallest absolute Gasteiger partial charge is 0.240 e. The van der Waals surface area contributed by atoms with Gasteiger partial charge in [-0.2, -0.15) is 0 Å². The van der Waals surface area contributed by atoms with Crippen molar-refractivity contribution in [3.63, 3.8) is 0 Å². The second-order valence-corrected chi connectivity index (χ2v) is 5.20. The van der Waals surface area contributed by atoms with Gasteiger partial charge in [0.05, 0.1) is 6.04 Å². The van der Waals surface area contributed by atoms with Crippen LogP contribution in [0.4, 0.5) is 0 Å². The van der Waals surface area contributed by atoms with Gasteiger partial charge in [0.2, 0.25) is 5.91 Å². The third kappa shape index (κ3) is 3.07. The molecule has 0 bridgehead atoms. The van der Waals surface area contributed by atoms with Crippen molar-refractivity contribution in [3.8, 4) is 0 Å². The molecule has 1 aromatic carbocycles. The van der Waals surface area contributed by atoms with Gasteiger partial charge in [0.15, 0.2) is 0 Å². The maximum absolute atomic E-state index is 12.0. The van der Waals surface area contributed by atoms with Crippen LogP contribution >= 0.6 is 15.9 Å². The molecule has 0 aromatic heterocycles. The number of benzene rings is 1. The summed E-state index contributed by atoms with van der Waals surface area (Å²) in [5.41, 5.74) is 1.17. The Morgan fingerprint density at radius 2 is 2.35 bits per heavy atom. The monoisotopic (exact) mass is 296 g/mol. The van der Waals surface area contributed by atoms with Gasteiger partial charge in [0, 0.05) is 17.6 Å². The zero-order valence-corrected chi connectivity index (χ0v) is 11.5. The molecule has 2 rings (SSSR count). The minimum Gasteiger partial charge on any atom is -0.337 e. The minimum atomic E-state index is 0.0205. The summed E-state index contributed by atoms with van der Waals surface area (Å²) in [6.07, 6.45) is 0.917. The fraction of sp³-hybridized carbons (Fsp3) is 0.462. The molecule has 0 saturated carbocycles. The summed E-state index contributed by atoms with van der Waals surface area (Å²) in [7, 11) is 0. The molecular weight excluding hydrogens is 280 g/mol. The van der Waals surface area contributed by atoms with E-state index in [9.17, 15) is 4.79 Å². The minimum absolute atomic E-state index is 0.0205. The normalized spacial score (nSPS) is 20.0. The lowest BCUT2D eigenvalue weighted by Gasteiger charge is -2.17. The highest BCUT2D eigenvalue weighted by Gasteiger charge is 2.30. The molecule has 0 radical (unpaired) electrons. The van der Waals surface area contributed by atoms with Crippen molar-refractivity contribution in [2.45, 2.75) is 25.9 Å². The van der Waals surface area contributed by atoms with E-state index in [-0.39, 0.29) is 11.9 Å². The van der Waals surface area contributed by atoms with Gasteiger partial charge in [0.25, 0.3) is 0 Å². The Hall–Kier alpha value is -0.870. The maximum atomic E-state index is 12.0. The van der Waals surface area contributed by atoms with Crippen LogP contribution in [0.1, 0.15) is 18.9 Å². The quantitative estimate of drug-likeness (QED) is 0.923. The molecule has 17 heavy (non-hydrogen) atoms. The first-order chi connectivity index (χ1) is 8.20. The van der Waals surface area contributed by atoms with E-state index in [4.69, 9.17) is 0 Å². The second kappa shape index (κ2) is 5.65. The van der Waals surface area contributed by atoms with Crippen LogP contribution in [0.5, 0.6) is 0 Å². The number of halogens is 1. The van der Waals surface area contributed by atoms with E-state index < -0.39 is 0 Å². The van der Waals surface area contributed by atoms with Crippen molar-refractivity contribution in [3.05, 3.63) is 34.3 Å². The summed E-state index contributed by atoms with van der Waals surface area (Å²) >= 11 is 3.45. The molecule has 1 fully saturated rings. The summed E-state index contributed by atoms with van der Waals surface area (Å²) in [6.45, 7) is 4.44. The number of likely N-dealkylation sites (N-methyl/N-ethyl adjacent to an activating group) is 1. The Kier molecular flexibility index (Phi) is 4.18. The number of amides is 1. The van der Waals surface area contributed by atoms with Crippen molar-refractivity contribution >= 4 is 21.8 Å². The van der Waals surface area contributed by atoms with Gasteiger partial charge in [-0.1, -0.05) is 35.0 Å². The summed E-state index contributed by atoms with van der Waals surface area (Å²) < 4.78 is 1.06. The van der Waals surface area contributed by atoms with Crippen LogP contribution in [0.25, 0.3) is 0 Å². The largest absolute Gasteiger partial charge is 0.337 e. The Balaban J connectivity index is 1.99. The lowest BCUT2D eigenvalue weighted by molar-refractivity contribution is -0.129. The van der Waals surface area contributed by atoms with Gasteiger partial charge in [-0.25, -0.2) is 0 Å². The summed E-state index contributed by atoms with van der Waals surface area (Å²) in [5.74, 6) is 0.229. The number of likely N-dealkylation sites (tertiary alicyclic amines) is 1. The van der Waals surface area contributed by atoms with E-state index in [0.717, 1.165) is 24.0 Å². The fourth-order valence-electron chi connectivity index (χ4n) is 2.19. The molecule has 1 heterocycles. The lowest BCUT2D eigenvalue weighted by atomic mass is 10.2. The standard InChI is InChI=1S/C13H17BrN2O/c1-2-15-12-6-7-16(13(12)17)9-10-4-3-5-11(14)8-10/h3-5,8,12,15H,2,6-7,9H2,1H3. The van der Waals surface area contributed by atoms with Crippen molar-refractivity contribution in [2.24, 2.45) is 0 Å². The molecule has 1 aromatic rings. The topological polar surface area (TPSA) is 32.3 Å². The van der Waals surface area contributed by atoms with E-state index in [1.54, 1.807) is 0 Å². The van der Waals surface area contributed by atoms with E-state index in [2.05, 4.69) is 33.4 Å². The fourth-order valence-corrected chi connectivity index (χ4v) is 2.63. The molecule has 92 valence electrons. The number of rotatable bonds is 4. The van der Waals surface area contributed by atoms with Crippen LogP contribution in [-0.2, 0) is 11.3 Å². The van der Waals surface area contributed by atoms with E-state index in [1.165, 1.54) is 5.56 Å². The lowest BCUT2D eigenvalue weighted by Crippen LogP contribution is -2.37. The number of nitrogens with zero attached hydrogens (tertiary/aromatic N) is 1. The Bertz CT molecular complexity index is 408. The highest BCUT2D eigenvalue weighted by molar-refractivity contribution is 9.10. The highest BCUT2D eigenvalue weighted by Crippen LogP contribution is 2.17. The van der Waals surface area contributed by atoms with Gasteiger partial charge in [0.1, 0.15) is 0 Å². The van der Waals surface area contributed by atoms with Crippen molar-refractivity contribution in [2.75, 3.05) is 13.1 Å². The molecule has 4 heteroatoms. The molecule has 1 atom stereocenters. The van der Waals surface area contributed by atoms with Gasteiger partial charge in [-0.05, 0) is 30.7 Å². The molecule has 1 aliphatic rings. The molecule has 0 aliphatic carbocycles. The number of carbonyl (C=O) groups is 1. The molecule has 1 amide bonds. The van der Waals surface area contributed by atoms with Gasteiger partial charge in [-0.15, -0.1) is 0 Å². The first-order valence-corrected chi connectivity index (χ1v) is 6.76. The first-order valence-electron chi connectivity index (χ1n) is 5.97. The summed E-state index contributed by atoms with van der Waals surface area (Å²) in [4.78, 5) is 14.0. The van der Waals surface area contributed by atoms with Crippen LogP contribution in [0, 0.1) is 0 Å². The number of hydrogen-bond acceptors (Lipinski definition) is 2. The second-order valence-electron chi connectivity index (χ2n) is 4.29. The molecule has 3 nitrogen and oxygen atoms in total.